The largest absolute Gasteiger partial charge is 0.461 e. The molecule has 3 aromatic carbocycles. The van der Waals surface area contributed by atoms with Crippen LogP contribution < -0.4 is 5.32 Å². The van der Waals surface area contributed by atoms with Crippen molar-refractivity contribution in [3.63, 3.8) is 0 Å². The normalized spacial score (nSPS) is 10.9. The van der Waals surface area contributed by atoms with E-state index < -0.39 is 5.97 Å². The molecule has 1 aromatic heterocycles. The number of halogens is 1. The Balaban J connectivity index is 1.30. The number of carbonyl (C=O) groups is 2. The van der Waals surface area contributed by atoms with Crippen LogP contribution in [0.1, 0.15) is 18.4 Å². The molecule has 29 heavy (non-hydrogen) atoms. The van der Waals surface area contributed by atoms with Crippen molar-refractivity contribution in [1.29, 1.82) is 0 Å². The first kappa shape index (κ1) is 19.0. The molecule has 1 heterocycles. The van der Waals surface area contributed by atoms with Crippen molar-refractivity contribution in [3.8, 4) is 0 Å². The minimum absolute atomic E-state index is 0.00626. The van der Waals surface area contributed by atoms with Gasteiger partial charge in [-0.3, -0.25) is 9.59 Å². The summed E-state index contributed by atoms with van der Waals surface area (Å²) in [5, 5.41) is 5.44. The summed E-state index contributed by atoms with van der Waals surface area (Å²) in [6.45, 7) is 0.153. The Labute approximate surface area is 172 Å². The van der Waals surface area contributed by atoms with Crippen molar-refractivity contribution < 1.29 is 18.7 Å². The molecule has 0 fully saturated rings. The molecule has 0 aliphatic carbocycles. The van der Waals surface area contributed by atoms with Crippen LogP contribution in [-0.4, -0.2) is 11.9 Å². The number of nitrogens with one attached hydrogen (secondary N) is 1. The molecule has 0 saturated carbocycles. The fourth-order valence-corrected chi connectivity index (χ4v) is 3.19. The van der Waals surface area contributed by atoms with Crippen molar-refractivity contribution >= 4 is 51.1 Å². The number of hydrogen-bond acceptors (Lipinski definition) is 4. The van der Waals surface area contributed by atoms with Crippen molar-refractivity contribution in [2.45, 2.75) is 19.4 Å². The molecule has 0 saturated heterocycles. The van der Waals surface area contributed by atoms with Gasteiger partial charge in [0, 0.05) is 34.0 Å². The molecular weight excluding hydrogens is 390 g/mol. The first-order valence-electron chi connectivity index (χ1n) is 9.20. The van der Waals surface area contributed by atoms with Crippen LogP contribution in [0.4, 0.5) is 5.69 Å². The minimum atomic E-state index is -0.428. The average molecular weight is 408 g/mol. The van der Waals surface area contributed by atoms with Crippen LogP contribution in [-0.2, 0) is 20.9 Å². The Kier molecular flexibility index (Phi) is 5.49. The van der Waals surface area contributed by atoms with E-state index in [2.05, 4.69) is 5.32 Å². The van der Waals surface area contributed by atoms with Gasteiger partial charge in [-0.05, 0) is 35.9 Å². The molecular formula is C23H18ClNO4. The van der Waals surface area contributed by atoms with Gasteiger partial charge in [0.2, 0.25) is 5.91 Å². The van der Waals surface area contributed by atoms with E-state index in [-0.39, 0.29) is 25.4 Å². The highest BCUT2D eigenvalue weighted by Gasteiger charge is 2.11. The quantitative estimate of drug-likeness (QED) is 0.416. The SMILES string of the molecule is O=C(CCC(=O)OCc1ccc(Cl)cc1)Nc1ccc2c(c1)oc1ccccc12. The van der Waals surface area contributed by atoms with Gasteiger partial charge < -0.3 is 14.5 Å². The van der Waals surface area contributed by atoms with Gasteiger partial charge in [0.25, 0.3) is 0 Å². The summed E-state index contributed by atoms with van der Waals surface area (Å²) in [7, 11) is 0. The van der Waals surface area contributed by atoms with Gasteiger partial charge in [0.15, 0.2) is 0 Å². The standard InChI is InChI=1S/C23H18ClNO4/c24-16-7-5-15(6-8-16)14-28-23(27)12-11-22(26)25-17-9-10-19-18-3-1-2-4-20(18)29-21(19)13-17/h1-10,13H,11-12,14H2,(H,25,26). The lowest BCUT2D eigenvalue weighted by atomic mass is 10.1. The third-order valence-electron chi connectivity index (χ3n) is 4.53. The first-order chi connectivity index (χ1) is 14.1. The zero-order valence-electron chi connectivity index (χ0n) is 15.5. The van der Waals surface area contributed by atoms with Crippen LogP contribution in [0.3, 0.4) is 0 Å². The lowest BCUT2D eigenvalue weighted by molar-refractivity contribution is -0.145. The molecule has 6 heteroatoms. The Bertz CT molecular complexity index is 1180. The van der Waals surface area contributed by atoms with Crippen molar-refractivity contribution in [2.24, 2.45) is 0 Å². The van der Waals surface area contributed by atoms with Gasteiger partial charge in [0.1, 0.15) is 17.8 Å². The van der Waals surface area contributed by atoms with Gasteiger partial charge in [-0.2, -0.15) is 0 Å². The monoisotopic (exact) mass is 407 g/mol. The third kappa shape index (κ3) is 4.58. The smallest absolute Gasteiger partial charge is 0.306 e. The van der Waals surface area contributed by atoms with E-state index in [0.29, 0.717) is 16.3 Å². The maximum atomic E-state index is 12.2. The molecule has 0 radical (unpaired) electrons. The summed E-state index contributed by atoms with van der Waals surface area (Å²) < 4.78 is 11.0. The summed E-state index contributed by atoms with van der Waals surface area (Å²) in [6, 6.07) is 20.3. The van der Waals surface area contributed by atoms with Crippen LogP contribution in [0.5, 0.6) is 0 Å². The van der Waals surface area contributed by atoms with Gasteiger partial charge in [-0.15, -0.1) is 0 Å². The van der Waals surface area contributed by atoms with Gasteiger partial charge >= 0.3 is 5.97 Å². The van der Waals surface area contributed by atoms with Crippen LogP contribution in [0.25, 0.3) is 21.9 Å². The number of ether oxygens (including phenoxy) is 1. The molecule has 1 amide bonds. The zero-order valence-corrected chi connectivity index (χ0v) is 16.2. The second-order valence-electron chi connectivity index (χ2n) is 6.64. The van der Waals surface area contributed by atoms with E-state index in [1.807, 2.05) is 36.4 Å². The number of fused-ring (bicyclic) bond motifs is 3. The maximum absolute atomic E-state index is 12.2. The summed E-state index contributed by atoms with van der Waals surface area (Å²) in [4.78, 5) is 24.0. The molecule has 1 N–H and O–H groups in total. The number of para-hydroxylation sites is 1. The van der Waals surface area contributed by atoms with Crippen molar-refractivity contribution in [2.75, 3.05) is 5.32 Å². The highest BCUT2D eigenvalue weighted by molar-refractivity contribution is 6.30. The Morgan fingerprint density at radius 2 is 1.66 bits per heavy atom. The molecule has 0 atom stereocenters. The van der Waals surface area contributed by atoms with E-state index in [4.69, 9.17) is 20.8 Å². The Morgan fingerprint density at radius 3 is 2.48 bits per heavy atom. The van der Waals surface area contributed by atoms with Gasteiger partial charge in [-0.1, -0.05) is 41.9 Å². The topological polar surface area (TPSA) is 68.5 Å². The van der Waals surface area contributed by atoms with E-state index in [0.717, 1.165) is 21.9 Å². The second kappa shape index (κ2) is 8.37. The number of benzene rings is 3. The van der Waals surface area contributed by atoms with Crippen LogP contribution >= 0.6 is 11.6 Å². The average Bonchev–Trinajstić information content (AvgIpc) is 3.09. The summed E-state index contributed by atoms with van der Waals surface area (Å²) in [5.74, 6) is -0.688. The molecule has 0 aliphatic rings. The maximum Gasteiger partial charge on any atom is 0.306 e. The van der Waals surface area contributed by atoms with Crippen LogP contribution in [0, 0.1) is 0 Å². The lowest BCUT2D eigenvalue weighted by Gasteiger charge is -2.06. The molecule has 146 valence electrons. The van der Waals surface area contributed by atoms with Crippen LogP contribution in [0.15, 0.2) is 71.1 Å². The lowest BCUT2D eigenvalue weighted by Crippen LogP contribution is -2.14. The van der Waals surface area contributed by atoms with Gasteiger partial charge in [0.05, 0.1) is 6.42 Å². The highest BCUT2D eigenvalue weighted by Crippen LogP contribution is 2.30. The number of esters is 1. The number of hydrogen-bond donors (Lipinski definition) is 1. The van der Waals surface area contributed by atoms with Gasteiger partial charge in [-0.25, -0.2) is 0 Å². The summed E-state index contributed by atoms with van der Waals surface area (Å²) in [5.41, 5.74) is 2.96. The van der Waals surface area contributed by atoms with E-state index in [1.54, 1.807) is 30.3 Å². The fraction of sp³-hybridized carbons (Fsp3) is 0.130. The molecule has 4 aromatic rings. The number of furan rings is 1. The molecule has 5 nitrogen and oxygen atoms in total. The molecule has 0 bridgehead atoms. The summed E-state index contributed by atoms with van der Waals surface area (Å²) in [6.07, 6.45) is 0.0456. The Morgan fingerprint density at radius 1 is 0.897 bits per heavy atom. The number of anilines is 1. The summed E-state index contributed by atoms with van der Waals surface area (Å²) >= 11 is 5.82. The molecule has 4 rings (SSSR count). The van der Waals surface area contributed by atoms with Crippen molar-refractivity contribution in [1.82, 2.24) is 0 Å². The van der Waals surface area contributed by atoms with E-state index in [9.17, 15) is 9.59 Å². The number of carbonyl (C=O) groups excluding carboxylic acids is 2. The van der Waals surface area contributed by atoms with E-state index in [1.165, 1.54) is 0 Å². The predicted octanol–water partition coefficient (Wildman–Crippen LogP) is 5.70. The zero-order chi connectivity index (χ0) is 20.2. The minimum Gasteiger partial charge on any atom is -0.461 e. The van der Waals surface area contributed by atoms with E-state index >= 15 is 0 Å². The number of rotatable bonds is 6. The number of amides is 1. The Hall–Kier alpha value is -3.31. The van der Waals surface area contributed by atoms with Crippen LogP contribution in [0.2, 0.25) is 5.02 Å². The molecule has 0 unspecified atom stereocenters. The molecule has 0 spiro atoms. The highest BCUT2D eigenvalue weighted by atomic mass is 35.5. The predicted molar refractivity (Wildman–Crippen MR) is 113 cm³/mol. The second-order valence-corrected chi connectivity index (χ2v) is 7.08. The first-order valence-corrected chi connectivity index (χ1v) is 9.57. The van der Waals surface area contributed by atoms with Crippen molar-refractivity contribution in [3.05, 3.63) is 77.3 Å². The fourth-order valence-electron chi connectivity index (χ4n) is 3.06. The molecule has 0 aliphatic heterocycles. The third-order valence-corrected chi connectivity index (χ3v) is 4.78.